The molecule has 0 aliphatic heterocycles. The summed E-state index contributed by atoms with van der Waals surface area (Å²) in [6, 6.07) is 5.32. The van der Waals surface area contributed by atoms with E-state index < -0.39 is 0 Å². The van der Waals surface area contributed by atoms with Crippen LogP contribution in [-0.2, 0) is 9.53 Å². The Balaban J connectivity index is 2.54. The zero-order valence-corrected chi connectivity index (χ0v) is 8.95. The number of hydrogen-bond acceptors (Lipinski definition) is 4. The number of nitrogens with two attached hydrogens (primary N) is 1. The number of rotatable bonds is 4. The quantitative estimate of drug-likeness (QED) is 0.603. The van der Waals surface area contributed by atoms with Gasteiger partial charge < -0.3 is 15.2 Å². The second kappa shape index (κ2) is 5.24. The summed E-state index contributed by atoms with van der Waals surface area (Å²) in [5.41, 5.74) is 7.24. The Morgan fingerprint density at radius 1 is 1.40 bits per heavy atom. The Kier molecular flexibility index (Phi) is 3.97. The van der Waals surface area contributed by atoms with Crippen LogP contribution < -0.4 is 10.5 Å². The minimum atomic E-state index is -0.377. The number of anilines is 1. The minimum Gasteiger partial charge on any atom is -0.482 e. The fraction of sp³-hybridized carbons (Fsp3) is 0.364. The van der Waals surface area contributed by atoms with E-state index in [1.165, 1.54) is 0 Å². The molecular formula is C11H15NO3. The molecule has 0 aliphatic carbocycles. The molecule has 0 radical (unpaired) electrons. The summed E-state index contributed by atoms with van der Waals surface area (Å²) < 4.78 is 9.96. The number of aryl methyl sites for hydroxylation is 1. The second-order valence-electron chi connectivity index (χ2n) is 3.17. The van der Waals surface area contributed by atoms with E-state index in [1.54, 1.807) is 13.0 Å². The van der Waals surface area contributed by atoms with Crippen molar-refractivity contribution in [2.75, 3.05) is 18.9 Å². The number of nitrogen functional groups attached to an aromatic ring is 1. The highest BCUT2D eigenvalue weighted by Gasteiger charge is 2.03. The molecule has 0 atom stereocenters. The van der Waals surface area contributed by atoms with Crippen molar-refractivity contribution in [3.05, 3.63) is 23.8 Å². The molecule has 0 saturated heterocycles. The molecule has 15 heavy (non-hydrogen) atoms. The average molecular weight is 209 g/mol. The van der Waals surface area contributed by atoms with Gasteiger partial charge in [0.2, 0.25) is 0 Å². The first-order chi connectivity index (χ1) is 7.11. The lowest BCUT2D eigenvalue weighted by molar-refractivity contribution is -0.145. The highest BCUT2D eigenvalue weighted by Crippen LogP contribution is 2.17. The lowest BCUT2D eigenvalue weighted by Crippen LogP contribution is -2.14. The average Bonchev–Trinajstić information content (AvgIpc) is 2.14. The molecule has 82 valence electrons. The van der Waals surface area contributed by atoms with Gasteiger partial charge in [-0.15, -0.1) is 0 Å². The highest BCUT2D eigenvalue weighted by molar-refractivity contribution is 5.71. The van der Waals surface area contributed by atoms with Crippen molar-refractivity contribution in [3.63, 3.8) is 0 Å². The summed E-state index contributed by atoms with van der Waals surface area (Å²) >= 11 is 0. The third-order valence-electron chi connectivity index (χ3n) is 1.74. The minimum absolute atomic E-state index is 0.0866. The van der Waals surface area contributed by atoms with E-state index in [1.807, 2.05) is 19.1 Å². The molecule has 1 rings (SSSR count). The van der Waals surface area contributed by atoms with Gasteiger partial charge in [0, 0.05) is 11.8 Å². The van der Waals surface area contributed by atoms with Gasteiger partial charge in [-0.1, -0.05) is 0 Å². The lowest BCUT2D eigenvalue weighted by atomic mass is 10.2. The van der Waals surface area contributed by atoms with E-state index in [9.17, 15) is 4.79 Å². The summed E-state index contributed by atoms with van der Waals surface area (Å²) in [5, 5.41) is 0. The predicted molar refractivity (Wildman–Crippen MR) is 57.7 cm³/mol. The molecule has 0 saturated carbocycles. The number of hydrogen-bond donors (Lipinski definition) is 1. The molecule has 0 amide bonds. The summed E-state index contributed by atoms with van der Waals surface area (Å²) in [7, 11) is 0. The van der Waals surface area contributed by atoms with Gasteiger partial charge in [0.1, 0.15) is 5.75 Å². The van der Waals surface area contributed by atoms with Crippen molar-refractivity contribution >= 4 is 11.7 Å². The number of esters is 1. The monoisotopic (exact) mass is 209 g/mol. The Bertz CT molecular complexity index is 329. The molecule has 0 aliphatic rings. The first-order valence-electron chi connectivity index (χ1n) is 4.77. The van der Waals surface area contributed by atoms with Crippen LogP contribution in [0, 0.1) is 6.92 Å². The number of benzene rings is 1. The van der Waals surface area contributed by atoms with E-state index in [0.29, 0.717) is 18.0 Å². The zero-order valence-electron chi connectivity index (χ0n) is 8.95. The van der Waals surface area contributed by atoms with Crippen LogP contribution in [-0.4, -0.2) is 19.2 Å². The largest absolute Gasteiger partial charge is 0.482 e. The first kappa shape index (κ1) is 11.4. The zero-order chi connectivity index (χ0) is 11.3. The van der Waals surface area contributed by atoms with Gasteiger partial charge in [-0.25, -0.2) is 4.79 Å². The summed E-state index contributed by atoms with van der Waals surface area (Å²) in [6.45, 7) is 3.94. The molecule has 4 heteroatoms. The van der Waals surface area contributed by atoms with E-state index in [4.69, 9.17) is 15.2 Å². The molecule has 0 unspecified atom stereocenters. The fourth-order valence-corrected chi connectivity index (χ4v) is 1.20. The number of carbonyl (C=O) groups is 1. The van der Waals surface area contributed by atoms with Crippen LogP contribution in [0.1, 0.15) is 12.5 Å². The van der Waals surface area contributed by atoms with Crippen LogP contribution in [0.4, 0.5) is 5.69 Å². The van der Waals surface area contributed by atoms with Crippen molar-refractivity contribution in [2.24, 2.45) is 0 Å². The predicted octanol–water partition coefficient (Wildman–Crippen LogP) is 1.52. The van der Waals surface area contributed by atoms with E-state index in [-0.39, 0.29) is 12.6 Å². The molecule has 1 aromatic rings. The van der Waals surface area contributed by atoms with E-state index >= 15 is 0 Å². The van der Waals surface area contributed by atoms with Gasteiger partial charge in [-0.05, 0) is 31.5 Å². The molecule has 1 aromatic carbocycles. The van der Waals surface area contributed by atoms with Crippen LogP contribution in [0.3, 0.4) is 0 Å². The van der Waals surface area contributed by atoms with Crippen LogP contribution >= 0.6 is 0 Å². The van der Waals surface area contributed by atoms with Crippen molar-refractivity contribution in [3.8, 4) is 5.75 Å². The topological polar surface area (TPSA) is 61.5 Å². The van der Waals surface area contributed by atoms with Crippen LogP contribution in [0.5, 0.6) is 5.75 Å². The lowest BCUT2D eigenvalue weighted by Gasteiger charge is -2.07. The SMILES string of the molecule is CCOC(=O)COc1cc(C)cc(N)c1. The van der Waals surface area contributed by atoms with E-state index in [2.05, 4.69) is 0 Å². The third kappa shape index (κ3) is 3.89. The maximum Gasteiger partial charge on any atom is 0.344 e. The number of ether oxygens (including phenoxy) is 2. The van der Waals surface area contributed by atoms with Gasteiger partial charge in [-0.3, -0.25) is 0 Å². The van der Waals surface area contributed by atoms with Gasteiger partial charge in [0.15, 0.2) is 6.61 Å². The molecule has 0 spiro atoms. The normalized spacial score (nSPS) is 9.73. The first-order valence-corrected chi connectivity index (χ1v) is 4.77. The van der Waals surface area contributed by atoms with Crippen molar-refractivity contribution < 1.29 is 14.3 Å². The Labute approximate surface area is 89.0 Å². The molecule has 0 heterocycles. The fourth-order valence-electron chi connectivity index (χ4n) is 1.20. The second-order valence-corrected chi connectivity index (χ2v) is 3.17. The number of carbonyl (C=O) groups excluding carboxylic acids is 1. The molecule has 4 nitrogen and oxygen atoms in total. The third-order valence-corrected chi connectivity index (χ3v) is 1.74. The van der Waals surface area contributed by atoms with Crippen LogP contribution in [0.2, 0.25) is 0 Å². The molecule has 0 aromatic heterocycles. The Hall–Kier alpha value is -1.71. The van der Waals surface area contributed by atoms with Gasteiger partial charge in [0.25, 0.3) is 0 Å². The maximum absolute atomic E-state index is 11.0. The van der Waals surface area contributed by atoms with E-state index in [0.717, 1.165) is 5.56 Å². The highest BCUT2D eigenvalue weighted by atomic mass is 16.6. The van der Waals surface area contributed by atoms with Crippen LogP contribution in [0.25, 0.3) is 0 Å². The van der Waals surface area contributed by atoms with Gasteiger partial charge >= 0.3 is 5.97 Å². The van der Waals surface area contributed by atoms with Crippen LogP contribution in [0.15, 0.2) is 18.2 Å². The molecule has 2 N–H and O–H groups in total. The summed E-state index contributed by atoms with van der Waals surface area (Å²) in [6.07, 6.45) is 0. The molecular weight excluding hydrogens is 194 g/mol. The van der Waals surface area contributed by atoms with Crippen molar-refractivity contribution in [1.29, 1.82) is 0 Å². The van der Waals surface area contributed by atoms with Gasteiger partial charge in [0.05, 0.1) is 6.61 Å². The smallest absolute Gasteiger partial charge is 0.344 e. The molecule has 0 fully saturated rings. The van der Waals surface area contributed by atoms with Crippen molar-refractivity contribution in [2.45, 2.75) is 13.8 Å². The van der Waals surface area contributed by atoms with Gasteiger partial charge in [-0.2, -0.15) is 0 Å². The maximum atomic E-state index is 11.0. The summed E-state index contributed by atoms with van der Waals surface area (Å²) in [4.78, 5) is 11.0. The Morgan fingerprint density at radius 2 is 2.13 bits per heavy atom. The summed E-state index contributed by atoms with van der Waals surface area (Å²) in [5.74, 6) is 0.207. The van der Waals surface area contributed by atoms with Crippen molar-refractivity contribution in [1.82, 2.24) is 0 Å². The molecule has 0 bridgehead atoms. The Morgan fingerprint density at radius 3 is 2.73 bits per heavy atom. The standard InChI is InChI=1S/C11H15NO3/c1-3-14-11(13)7-15-10-5-8(2)4-9(12)6-10/h4-6H,3,7,12H2,1-2H3.